The number of nitrogens with zero attached hydrogens (tertiary/aromatic N) is 3. The third-order valence-corrected chi connectivity index (χ3v) is 3.16. The monoisotopic (exact) mass is 285 g/mol. The predicted octanol–water partition coefficient (Wildman–Crippen LogP) is 2.76. The fourth-order valence-electron chi connectivity index (χ4n) is 1.99. The van der Waals surface area contributed by atoms with E-state index < -0.39 is 0 Å². The van der Waals surface area contributed by atoms with Gasteiger partial charge in [0.1, 0.15) is 5.82 Å². The number of likely N-dealkylation sites (N-methyl/N-ethyl adjacent to an activating group) is 1. The van der Waals surface area contributed by atoms with Gasteiger partial charge in [0.2, 0.25) is 5.95 Å². The zero-order valence-electron chi connectivity index (χ0n) is 12.9. The van der Waals surface area contributed by atoms with E-state index in [4.69, 9.17) is 0 Å². The molecule has 0 radical (unpaired) electrons. The van der Waals surface area contributed by atoms with Gasteiger partial charge in [-0.05, 0) is 38.2 Å². The molecule has 0 saturated heterocycles. The summed E-state index contributed by atoms with van der Waals surface area (Å²) >= 11 is 0. The Hall–Kier alpha value is -2.14. The standard InChI is InChI=1S/C16H23N5/c1-4-13-7-5-6-8-14(13)19-15-9-10-17-16(20-15)18-11-12-21(2)3/h5-10H,4,11-12H2,1-3H3,(H2,17,18,19,20). The molecule has 2 rings (SSSR count). The van der Waals surface area contributed by atoms with Gasteiger partial charge < -0.3 is 15.5 Å². The van der Waals surface area contributed by atoms with Crippen molar-refractivity contribution in [3.05, 3.63) is 42.1 Å². The van der Waals surface area contributed by atoms with E-state index in [1.54, 1.807) is 6.20 Å². The number of hydrogen-bond acceptors (Lipinski definition) is 5. The maximum absolute atomic E-state index is 4.49. The number of aromatic nitrogens is 2. The lowest BCUT2D eigenvalue weighted by Gasteiger charge is -2.12. The second kappa shape index (κ2) is 7.59. The Morgan fingerprint density at radius 2 is 1.95 bits per heavy atom. The Labute approximate surface area is 126 Å². The van der Waals surface area contributed by atoms with Crippen LogP contribution >= 0.6 is 0 Å². The molecular formula is C16H23N5. The van der Waals surface area contributed by atoms with Crippen LogP contribution in [-0.4, -0.2) is 42.1 Å². The van der Waals surface area contributed by atoms with E-state index in [0.29, 0.717) is 5.95 Å². The Kier molecular flexibility index (Phi) is 5.51. The lowest BCUT2D eigenvalue weighted by Crippen LogP contribution is -2.21. The van der Waals surface area contributed by atoms with Crippen molar-refractivity contribution in [2.24, 2.45) is 0 Å². The highest BCUT2D eigenvalue weighted by molar-refractivity contribution is 5.61. The van der Waals surface area contributed by atoms with Crippen LogP contribution < -0.4 is 10.6 Å². The van der Waals surface area contributed by atoms with E-state index in [0.717, 1.165) is 31.0 Å². The Bertz CT molecular complexity index is 568. The minimum atomic E-state index is 0.649. The van der Waals surface area contributed by atoms with Crippen LogP contribution in [0.2, 0.25) is 0 Å². The smallest absolute Gasteiger partial charge is 0.224 e. The van der Waals surface area contributed by atoms with Gasteiger partial charge in [-0.2, -0.15) is 4.98 Å². The molecule has 112 valence electrons. The van der Waals surface area contributed by atoms with Gasteiger partial charge in [-0.1, -0.05) is 25.1 Å². The van der Waals surface area contributed by atoms with Crippen molar-refractivity contribution in [2.75, 3.05) is 37.8 Å². The van der Waals surface area contributed by atoms with Crippen molar-refractivity contribution >= 4 is 17.5 Å². The number of anilines is 3. The molecule has 0 aliphatic rings. The first-order valence-electron chi connectivity index (χ1n) is 7.25. The van der Waals surface area contributed by atoms with E-state index in [2.05, 4.69) is 50.6 Å². The summed E-state index contributed by atoms with van der Waals surface area (Å²) < 4.78 is 0. The Morgan fingerprint density at radius 3 is 2.71 bits per heavy atom. The average molecular weight is 285 g/mol. The van der Waals surface area contributed by atoms with Gasteiger partial charge in [-0.3, -0.25) is 0 Å². The van der Waals surface area contributed by atoms with Crippen molar-refractivity contribution in [3.8, 4) is 0 Å². The normalized spacial score (nSPS) is 10.7. The molecule has 1 aromatic heterocycles. The second-order valence-corrected chi connectivity index (χ2v) is 5.13. The van der Waals surface area contributed by atoms with Crippen LogP contribution in [0.4, 0.5) is 17.5 Å². The maximum atomic E-state index is 4.49. The summed E-state index contributed by atoms with van der Waals surface area (Å²) in [5.41, 5.74) is 2.37. The largest absolute Gasteiger partial charge is 0.353 e. The zero-order chi connectivity index (χ0) is 15.1. The molecule has 0 fully saturated rings. The molecule has 0 atom stereocenters. The summed E-state index contributed by atoms with van der Waals surface area (Å²) in [6.45, 7) is 3.91. The Morgan fingerprint density at radius 1 is 1.14 bits per heavy atom. The molecular weight excluding hydrogens is 262 g/mol. The Balaban J connectivity index is 2.03. The molecule has 1 heterocycles. The van der Waals surface area contributed by atoms with Crippen molar-refractivity contribution in [3.63, 3.8) is 0 Å². The van der Waals surface area contributed by atoms with Crippen LogP contribution in [0.25, 0.3) is 0 Å². The van der Waals surface area contributed by atoms with E-state index in [-0.39, 0.29) is 0 Å². The number of nitrogens with one attached hydrogen (secondary N) is 2. The van der Waals surface area contributed by atoms with Crippen LogP contribution in [-0.2, 0) is 6.42 Å². The highest BCUT2D eigenvalue weighted by atomic mass is 15.2. The van der Waals surface area contributed by atoms with Gasteiger partial charge in [0.25, 0.3) is 0 Å². The lowest BCUT2D eigenvalue weighted by molar-refractivity contribution is 0.425. The summed E-state index contributed by atoms with van der Waals surface area (Å²) in [7, 11) is 4.09. The summed E-state index contributed by atoms with van der Waals surface area (Å²) in [6.07, 6.45) is 2.75. The zero-order valence-corrected chi connectivity index (χ0v) is 12.9. The van der Waals surface area contributed by atoms with Crippen molar-refractivity contribution in [1.29, 1.82) is 0 Å². The molecule has 0 unspecified atom stereocenters. The van der Waals surface area contributed by atoms with E-state index in [1.165, 1.54) is 5.56 Å². The van der Waals surface area contributed by atoms with Gasteiger partial charge in [-0.25, -0.2) is 4.98 Å². The van der Waals surface area contributed by atoms with E-state index in [1.807, 2.05) is 26.2 Å². The average Bonchev–Trinajstić information content (AvgIpc) is 2.48. The first-order valence-corrected chi connectivity index (χ1v) is 7.25. The number of benzene rings is 1. The van der Waals surface area contributed by atoms with Gasteiger partial charge in [-0.15, -0.1) is 0 Å². The molecule has 0 saturated carbocycles. The molecule has 2 aromatic rings. The number of rotatable bonds is 7. The third-order valence-electron chi connectivity index (χ3n) is 3.16. The molecule has 5 heteroatoms. The van der Waals surface area contributed by atoms with Gasteiger partial charge in [0, 0.05) is 25.0 Å². The first kappa shape index (κ1) is 15.3. The van der Waals surface area contributed by atoms with Crippen LogP contribution in [0.1, 0.15) is 12.5 Å². The van der Waals surface area contributed by atoms with Gasteiger partial charge >= 0.3 is 0 Å². The highest BCUT2D eigenvalue weighted by Crippen LogP contribution is 2.20. The summed E-state index contributed by atoms with van der Waals surface area (Å²) in [4.78, 5) is 10.8. The molecule has 0 amide bonds. The minimum Gasteiger partial charge on any atom is -0.353 e. The molecule has 21 heavy (non-hydrogen) atoms. The van der Waals surface area contributed by atoms with E-state index >= 15 is 0 Å². The summed E-state index contributed by atoms with van der Waals surface area (Å²) in [6, 6.07) is 10.2. The quantitative estimate of drug-likeness (QED) is 0.819. The first-order chi connectivity index (χ1) is 10.2. The topological polar surface area (TPSA) is 53.1 Å². The maximum Gasteiger partial charge on any atom is 0.224 e. The van der Waals surface area contributed by atoms with Crippen molar-refractivity contribution in [2.45, 2.75) is 13.3 Å². The SMILES string of the molecule is CCc1ccccc1Nc1ccnc(NCCN(C)C)n1. The van der Waals surface area contributed by atoms with Gasteiger partial charge in [0.15, 0.2) is 0 Å². The molecule has 0 aliphatic carbocycles. The summed E-state index contributed by atoms with van der Waals surface area (Å²) in [5, 5.41) is 6.59. The molecule has 2 N–H and O–H groups in total. The fraction of sp³-hybridized carbons (Fsp3) is 0.375. The minimum absolute atomic E-state index is 0.649. The van der Waals surface area contributed by atoms with Crippen LogP contribution in [0.5, 0.6) is 0 Å². The van der Waals surface area contributed by atoms with Crippen molar-refractivity contribution < 1.29 is 0 Å². The van der Waals surface area contributed by atoms with E-state index in [9.17, 15) is 0 Å². The molecule has 0 bridgehead atoms. The van der Waals surface area contributed by atoms with Gasteiger partial charge in [0.05, 0.1) is 0 Å². The fourth-order valence-corrected chi connectivity index (χ4v) is 1.99. The lowest BCUT2D eigenvalue weighted by atomic mass is 10.1. The van der Waals surface area contributed by atoms with Crippen LogP contribution in [0.15, 0.2) is 36.5 Å². The van der Waals surface area contributed by atoms with Crippen LogP contribution in [0, 0.1) is 0 Å². The third kappa shape index (κ3) is 4.72. The molecule has 5 nitrogen and oxygen atoms in total. The number of para-hydroxylation sites is 1. The summed E-state index contributed by atoms with van der Waals surface area (Å²) in [5.74, 6) is 1.45. The predicted molar refractivity (Wildman–Crippen MR) is 88.2 cm³/mol. The van der Waals surface area contributed by atoms with Crippen LogP contribution in [0.3, 0.4) is 0 Å². The van der Waals surface area contributed by atoms with Crippen molar-refractivity contribution in [1.82, 2.24) is 14.9 Å². The molecule has 0 aliphatic heterocycles. The molecule has 0 spiro atoms. The number of hydrogen-bond donors (Lipinski definition) is 2. The highest BCUT2D eigenvalue weighted by Gasteiger charge is 2.03. The molecule has 1 aromatic carbocycles. The second-order valence-electron chi connectivity index (χ2n) is 5.13. The number of aryl methyl sites for hydroxylation is 1.